The Morgan fingerprint density at radius 1 is 1.45 bits per heavy atom. The van der Waals surface area contributed by atoms with E-state index in [1.807, 2.05) is 13.1 Å². The smallest absolute Gasteiger partial charge is 0.0476 e. The van der Waals surface area contributed by atoms with Crippen LogP contribution in [0.15, 0.2) is 43.0 Å². The molecule has 3 nitrogen and oxygen atoms in total. The molecule has 3 atom stereocenters. The molecule has 2 N–H and O–H groups in total. The number of hydrogen-bond donors (Lipinski definition) is 2. The van der Waals surface area contributed by atoms with Crippen molar-refractivity contribution in [3.8, 4) is 0 Å². The first-order valence-electron chi connectivity index (χ1n) is 7.57. The second-order valence-corrected chi connectivity index (χ2v) is 5.56. The van der Waals surface area contributed by atoms with Gasteiger partial charge in [0.15, 0.2) is 0 Å². The number of benzene rings is 1. The molecule has 2 rings (SSSR count). The number of piperazine rings is 1. The molecular formula is C17H27N3. The monoisotopic (exact) mass is 273 g/mol. The van der Waals surface area contributed by atoms with Crippen molar-refractivity contribution in [3.05, 3.63) is 48.6 Å². The van der Waals surface area contributed by atoms with E-state index in [9.17, 15) is 0 Å². The van der Waals surface area contributed by atoms with Crippen LogP contribution >= 0.6 is 0 Å². The van der Waals surface area contributed by atoms with Gasteiger partial charge in [0, 0.05) is 37.8 Å². The van der Waals surface area contributed by atoms with E-state index < -0.39 is 0 Å². The van der Waals surface area contributed by atoms with E-state index in [2.05, 4.69) is 59.4 Å². The molecule has 0 bridgehead atoms. The third-order valence-electron chi connectivity index (χ3n) is 4.23. The summed E-state index contributed by atoms with van der Waals surface area (Å²) in [4.78, 5) is 2.63. The molecule has 1 aliphatic rings. The van der Waals surface area contributed by atoms with Crippen molar-refractivity contribution < 1.29 is 0 Å². The maximum atomic E-state index is 3.93. The Morgan fingerprint density at radius 3 is 2.85 bits per heavy atom. The van der Waals surface area contributed by atoms with Crippen molar-refractivity contribution in [2.24, 2.45) is 0 Å². The lowest BCUT2D eigenvalue weighted by Gasteiger charge is -2.45. The van der Waals surface area contributed by atoms with Crippen LogP contribution < -0.4 is 10.6 Å². The van der Waals surface area contributed by atoms with Crippen LogP contribution in [0.3, 0.4) is 0 Å². The maximum absolute atomic E-state index is 3.93. The summed E-state index contributed by atoms with van der Waals surface area (Å²) in [5, 5.41) is 6.94. The second-order valence-electron chi connectivity index (χ2n) is 5.56. The summed E-state index contributed by atoms with van der Waals surface area (Å²) in [5.41, 5.74) is 1.39. The molecule has 1 heterocycles. The van der Waals surface area contributed by atoms with Crippen molar-refractivity contribution >= 4 is 0 Å². The van der Waals surface area contributed by atoms with Gasteiger partial charge in [-0.1, -0.05) is 36.4 Å². The fourth-order valence-corrected chi connectivity index (χ4v) is 3.20. The van der Waals surface area contributed by atoms with E-state index in [1.54, 1.807) is 0 Å². The standard InChI is InChI=1S/C17H27N3/c1-4-8-16-14(2)19-11-12-20(16)17(13-18-3)15-9-6-5-7-10-15/h4-7,9-10,14,16-19H,1,8,11-13H2,2-3H3. The summed E-state index contributed by atoms with van der Waals surface area (Å²) in [7, 11) is 2.03. The third-order valence-corrected chi connectivity index (χ3v) is 4.23. The molecule has 110 valence electrons. The first kappa shape index (κ1) is 15.2. The highest BCUT2D eigenvalue weighted by Crippen LogP contribution is 2.26. The zero-order chi connectivity index (χ0) is 14.4. The van der Waals surface area contributed by atoms with Gasteiger partial charge in [-0.2, -0.15) is 0 Å². The van der Waals surface area contributed by atoms with Gasteiger partial charge in [-0.05, 0) is 26.0 Å². The molecule has 3 unspecified atom stereocenters. The van der Waals surface area contributed by atoms with Gasteiger partial charge in [-0.15, -0.1) is 6.58 Å². The van der Waals surface area contributed by atoms with Crippen molar-refractivity contribution in [1.82, 2.24) is 15.5 Å². The molecule has 0 amide bonds. The zero-order valence-corrected chi connectivity index (χ0v) is 12.7. The van der Waals surface area contributed by atoms with Crippen LogP contribution in [0.25, 0.3) is 0 Å². The van der Waals surface area contributed by atoms with Crippen LogP contribution in [0.1, 0.15) is 24.9 Å². The molecule has 1 aromatic carbocycles. The van der Waals surface area contributed by atoms with E-state index in [-0.39, 0.29) is 0 Å². The quantitative estimate of drug-likeness (QED) is 0.778. The van der Waals surface area contributed by atoms with Gasteiger partial charge >= 0.3 is 0 Å². The average Bonchev–Trinajstić information content (AvgIpc) is 2.48. The number of hydrogen-bond acceptors (Lipinski definition) is 3. The van der Waals surface area contributed by atoms with Crippen molar-refractivity contribution in [2.45, 2.75) is 31.5 Å². The predicted octanol–water partition coefficient (Wildman–Crippen LogP) is 2.19. The summed E-state index contributed by atoms with van der Waals surface area (Å²) in [6.45, 7) is 9.33. The molecule has 1 aromatic rings. The lowest BCUT2D eigenvalue weighted by atomic mass is 9.96. The summed E-state index contributed by atoms with van der Waals surface area (Å²) >= 11 is 0. The van der Waals surface area contributed by atoms with Gasteiger partial charge in [0.2, 0.25) is 0 Å². The van der Waals surface area contributed by atoms with Crippen LogP contribution in [0.5, 0.6) is 0 Å². The van der Waals surface area contributed by atoms with Crippen LogP contribution in [0.4, 0.5) is 0 Å². The summed E-state index contributed by atoms with van der Waals surface area (Å²) < 4.78 is 0. The summed E-state index contributed by atoms with van der Waals surface area (Å²) in [5.74, 6) is 0. The van der Waals surface area contributed by atoms with E-state index in [4.69, 9.17) is 0 Å². The van der Waals surface area contributed by atoms with Crippen LogP contribution in [-0.4, -0.2) is 43.7 Å². The van der Waals surface area contributed by atoms with Crippen LogP contribution in [-0.2, 0) is 0 Å². The highest BCUT2D eigenvalue weighted by molar-refractivity contribution is 5.20. The first-order valence-corrected chi connectivity index (χ1v) is 7.57. The molecule has 20 heavy (non-hydrogen) atoms. The van der Waals surface area contributed by atoms with Gasteiger partial charge in [0.05, 0.1) is 0 Å². The van der Waals surface area contributed by atoms with E-state index >= 15 is 0 Å². The Hall–Kier alpha value is -1.16. The summed E-state index contributed by atoms with van der Waals surface area (Å²) in [6.07, 6.45) is 3.07. The Labute approximate surface area is 123 Å². The van der Waals surface area contributed by atoms with Gasteiger partial charge in [0.1, 0.15) is 0 Å². The third kappa shape index (κ3) is 3.48. The van der Waals surface area contributed by atoms with Crippen LogP contribution in [0, 0.1) is 0 Å². The average molecular weight is 273 g/mol. The van der Waals surface area contributed by atoms with E-state index in [0.29, 0.717) is 18.1 Å². The molecule has 0 spiro atoms. The minimum Gasteiger partial charge on any atom is -0.318 e. The molecule has 3 heteroatoms. The Kier molecular flexibility index (Phi) is 5.77. The predicted molar refractivity (Wildman–Crippen MR) is 85.9 cm³/mol. The van der Waals surface area contributed by atoms with E-state index in [0.717, 1.165) is 26.1 Å². The van der Waals surface area contributed by atoms with Gasteiger partial charge < -0.3 is 10.6 Å². The molecule has 1 aliphatic heterocycles. The SMILES string of the molecule is C=CCC1C(C)NCCN1C(CNC)c1ccccc1. The Bertz CT molecular complexity index is 404. The van der Waals surface area contributed by atoms with Crippen molar-refractivity contribution in [3.63, 3.8) is 0 Å². The minimum absolute atomic E-state index is 0.427. The Balaban J connectivity index is 2.24. The lowest BCUT2D eigenvalue weighted by Crippen LogP contribution is -2.58. The van der Waals surface area contributed by atoms with Crippen molar-refractivity contribution in [1.29, 1.82) is 0 Å². The largest absolute Gasteiger partial charge is 0.318 e. The van der Waals surface area contributed by atoms with Crippen LogP contribution in [0.2, 0.25) is 0 Å². The van der Waals surface area contributed by atoms with Crippen molar-refractivity contribution in [2.75, 3.05) is 26.7 Å². The molecule has 0 aromatic heterocycles. The normalized spacial score (nSPS) is 25.3. The molecule has 1 fully saturated rings. The molecular weight excluding hydrogens is 246 g/mol. The topological polar surface area (TPSA) is 27.3 Å². The van der Waals surface area contributed by atoms with Gasteiger partial charge in [-0.25, -0.2) is 0 Å². The molecule has 0 radical (unpaired) electrons. The Morgan fingerprint density at radius 2 is 2.20 bits per heavy atom. The molecule has 1 saturated heterocycles. The highest BCUT2D eigenvalue weighted by Gasteiger charge is 2.32. The van der Waals surface area contributed by atoms with E-state index in [1.165, 1.54) is 5.56 Å². The number of likely N-dealkylation sites (N-methyl/N-ethyl adjacent to an activating group) is 1. The zero-order valence-electron chi connectivity index (χ0n) is 12.7. The number of nitrogens with zero attached hydrogens (tertiary/aromatic N) is 1. The maximum Gasteiger partial charge on any atom is 0.0476 e. The fourth-order valence-electron chi connectivity index (χ4n) is 3.20. The van der Waals surface area contributed by atoms with Gasteiger partial charge in [0.25, 0.3) is 0 Å². The second kappa shape index (κ2) is 7.58. The number of nitrogens with one attached hydrogen (secondary N) is 2. The molecule has 0 aliphatic carbocycles. The highest BCUT2D eigenvalue weighted by atomic mass is 15.3. The lowest BCUT2D eigenvalue weighted by molar-refractivity contribution is 0.0789. The molecule has 0 saturated carbocycles. The number of rotatable bonds is 6. The summed E-state index contributed by atoms with van der Waals surface area (Å²) in [6, 6.07) is 12.3. The minimum atomic E-state index is 0.427. The van der Waals surface area contributed by atoms with Gasteiger partial charge in [-0.3, -0.25) is 4.90 Å². The first-order chi connectivity index (χ1) is 9.77. The fraction of sp³-hybridized carbons (Fsp3) is 0.529.